The largest absolute Gasteiger partial charge is 0.417 e. The van der Waals surface area contributed by atoms with Crippen molar-refractivity contribution < 1.29 is 18.0 Å². The second-order valence-corrected chi connectivity index (χ2v) is 11.8. The molecule has 0 aromatic carbocycles. The van der Waals surface area contributed by atoms with E-state index in [1.54, 1.807) is 11.9 Å². The minimum Gasteiger partial charge on any atom is -0.350 e. The minimum atomic E-state index is -4.46. The number of halogens is 4. The predicted molar refractivity (Wildman–Crippen MR) is 121 cm³/mol. The van der Waals surface area contributed by atoms with Crippen molar-refractivity contribution in [1.29, 1.82) is 0 Å². The molecule has 1 aromatic heterocycles. The summed E-state index contributed by atoms with van der Waals surface area (Å²) in [5.41, 5.74) is -0.687. The number of alkyl halides is 3. The van der Waals surface area contributed by atoms with Crippen LogP contribution in [0.3, 0.4) is 0 Å². The van der Waals surface area contributed by atoms with Crippen molar-refractivity contribution in [1.82, 2.24) is 9.29 Å². The van der Waals surface area contributed by atoms with Gasteiger partial charge >= 0.3 is 6.18 Å². The van der Waals surface area contributed by atoms with E-state index in [-0.39, 0.29) is 21.9 Å². The molecule has 0 N–H and O–H groups in total. The van der Waals surface area contributed by atoms with Gasteiger partial charge in [-0.3, -0.25) is 4.79 Å². The van der Waals surface area contributed by atoms with E-state index < -0.39 is 11.7 Å². The molecule has 3 aliphatic carbocycles. The second kappa shape index (κ2) is 7.51. The lowest BCUT2D eigenvalue weighted by molar-refractivity contribution is -0.138. The normalized spacial score (nSPS) is 36.8. The van der Waals surface area contributed by atoms with E-state index in [2.05, 4.69) is 23.1 Å². The van der Waals surface area contributed by atoms with Crippen LogP contribution in [0.1, 0.15) is 45.6 Å². The van der Waals surface area contributed by atoms with Crippen LogP contribution >= 0.6 is 23.5 Å². The van der Waals surface area contributed by atoms with Crippen molar-refractivity contribution >= 4 is 35.1 Å². The number of carbonyl (C=O) groups is 1. The van der Waals surface area contributed by atoms with Gasteiger partial charge in [-0.05, 0) is 49.0 Å². The van der Waals surface area contributed by atoms with Crippen LogP contribution in [-0.4, -0.2) is 46.5 Å². The van der Waals surface area contributed by atoms with Gasteiger partial charge in [0.05, 0.1) is 10.6 Å². The van der Waals surface area contributed by atoms with E-state index in [1.165, 1.54) is 6.42 Å². The Hall–Kier alpha value is -0.990. The first-order chi connectivity index (χ1) is 15.0. The fourth-order valence-corrected chi connectivity index (χ4v) is 8.88. The maximum absolute atomic E-state index is 12.9. The molecule has 3 saturated carbocycles. The zero-order valence-corrected chi connectivity index (χ0v) is 20.2. The summed E-state index contributed by atoms with van der Waals surface area (Å²) in [5.74, 6) is 3.69. The van der Waals surface area contributed by atoms with Crippen molar-refractivity contribution in [3.8, 4) is 0 Å². The summed E-state index contributed by atoms with van der Waals surface area (Å²) in [6, 6.07) is 1.01. The molecule has 1 saturated heterocycles. The van der Waals surface area contributed by atoms with E-state index in [9.17, 15) is 18.0 Å². The summed E-state index contributed by atoms with van der Waals surface area (Å²) in [4.78, 5) is 18.9. The molecule has 32 heavy (non-hydrogen) atoms. The molecule has 5 atom stereocenters. The first kappa shape index (κ1) is 22.8. The lowest BCUT2D eigenvalue weighted by atomic mass is 9.56. The zero-order chi connectivity index (χ0) is 23.1. The average molecular weight is 488 g/mol. The first-order valence-corrected chi connectivity index (χ1v) is 12.7. The van der Waals surface area contributed by atoms with Crippen molar-refractivity contribution in [3.05, 3.63) is 22.8 Å². The average Bonchev–Trinajstić information content (AvgIpc) is 3.34. The smallest absolute Gasteiger partial charge is 0.350 e. The molecular formula is C23H29ClF3N3OS. The predicted octanol–water partition coefficient (Wildman–Crippen LogP) is 5.55. The van der Waals surface area contributed by atoms with Crippen molar-refractivity contribution in [3.63, 3.8) is 0 Å². The van der Waals surface area contributed by atoms with E-state index in [4.69, 9.17) is 11.6 Å². The monoisotopic (exact) mass is 487 g/mol. The molecule has 0 amide bonds. The molecule has 5 rings (SSSR count). The highest BCUT2D eigenvalue weighted by atomic mass is 35.5. The van der Waals surface area contributed by atoms with Gasteiger partial charge in [-0.15, -0.1) is 0 Å². The third-order valence-corrected chi connectivity index (χ3v) is 10.2. The molecule has 2 heterocycles. The Bertz CT molecular complexity index is 944. The summed E-state index contributed by atoms with van der Waals surface area (Å²) >= 11 is 7.96. The first-order valence-electron chi connectivity index (χ1n) is 11.4. The van der Waals surface area contributed by atoms with Gasteiger partial charge in [-0.2, -0.15) is 13.2 Å². The van der Waals surface area contributed by atoms with Gasteiger partial charge in [0.15, 0.2) is 0 Å². The summed E-state index contributed by atoms with van der Waals surface area (Å²) in [5, 5.41) is 0.0270. The highest BCUT2D eigenvalue weighted by Crippen LogP contribution is 2.85. The number of hydrogen-bond acceptors (Lipinski definition) is 5. The molecule has 1 aliphatic heterocycles. The quantitative estimate of drug-likeness (QED) is 0.509. The molecule has 1 aromatic rings. The molecule has 4 fully saturated rings. The van der Waals surface area contributed by atoms with E-state index in [0.717, 1.165) is 43.9 Å². The number of pyridine rings is 1. The van der Waals surface area contributed by atoms with Crippen molar-refractivity contribution in [2.24, 2.45) is 28.6 Å². The number of ketones is 1. The highest BCUT2D eigenvalue weighted by molar-refractivity contribution is 7.97. The third-order valence-electron chi connectivity index (χ3n) is 8.60. The fraction of sp³-hybridized carbons (Fsp3) is 0.739. The maximum atomic E-state index is 12.9. The lowest BCUT2D eigenvalue weighted by Gasteiger charge is -2.50. The molecule has 0 radical (unpaired) electrons. The third kappa shape index (κ3) is 3.15. The Kier molecular flexibility index (Phi) is 5.34. The highest BCUT2D eigenvalue weighted by Gasteiger charge is 2.84. The molecular weight excluding hydrogens is 459 g/mol. The number of carbonyl (C=O) groups excluding carboxylic acids is 1. The molecule has 4 aliphatic rings. The molecule has 9 heteroatoms. The van der Waals surface area contributed by atoms with Crippen LogP contribution in [0.4, 0.5) is 19.0 Å². The number of rotatable bonds is 5. The standard InChI is InChI=1S/C23H29ClF3N3OS/c1-13(2)19-16-9-18(31)21(4-5-22(16,19)21)12-32-29-6-7-30(14(3)11-29)20-17(24)8-15(10-28-20)23(25,26)27/h8,10,13-14,16,19H,4-7,9,11-12H2,1-3H3/t14-,16+,19?,21+,22?/m0/s1. The van der Waals surface area contributed by atoms with Crippen molar-refractivity contribution in [2.45, 2.75) is 52.3 Å². The topological polar surface area (TPSA) is 36.4 Å². The van der Waals surface area contributed by atoms with Gasteiger partial charge in [0.2, 0.25) is 0 Å². The maximum Gasteiger partial charge on any atom is 0.417 e. The molecule has 176 valence electrons. The van der Waals surface area contributed by atoms with E-state index >= 15 is 0 Å². The Balaban J connectivity index is 1.22. The Morgan fingerprint density at radius 3 is 2.62 bits per heavy atom. The van der Waals surface area contributed by atoms with Crippen LogP contribution in [0.25, 0.3) is 0 Å². The van der Waals surface area contributed by atoms with Gasteiger partial charge in [0, 0.05) is 49.5 Å². The fourth-order valence-electron chi connectivity index (χ4n) is 7.10. The molecule has 4 nitrogen and oxygen atoms in total. The zero-order valence-electron chi connectivity index (χ0n) is 18.6. The van der Waals surface area contributed by atoms with E-state index in [1.807, 2.05) is 11.8 Å². The molecule has 1 spiro atoms. The second-order valence-electron chi connectivity index (χ2n) is 10.4. The summed E-state index contributed by atoms with van der Waals surface area (Å²) < 4.78 is 41.1. The van der Waals surface area contributed by atoms with Gasteiger partial charge in [-0.1, -0.05) is 37.4 Å². The van der Waals surface area contributed by atoms with Gasteiger partial charge in [0.1, 0.15) is 11.6 Å². The van der Waals surface area contributed by atoms with Gasteiger partial charge in [-0.25, -0.2) is 9.29 Å². The Labute approximate surface area is 196 Å². The van der Waals surface area contributed by atoms with Crippen LogP contribution in [0.15, 0.2) is 12.3 Å². The number of aromatic nitrogens is 1. The SMILES string of the molecule is CC(C)C1[C@H]2CC(=O)[C@]3(CSN4CCN(c5ncc(C(F)(F)F)cc5Cl)[C@@H](C)C4)CCC123. The Morgan fingerprint density at radius 1 is 1.31 bits per heavy atom. The van der Waals surface area contributed by atoms with Crippen LogP contribution in [0.2, 0.25) is 5.02 Å². The van der Waals surface area contributed by atoms with Crippen LogP contribution < -0.4 is 4.90 Å². The number of hydrogen-bond donors (Lipinski definition) is 0. The van der Waals surface area contributed by atoms with Gasteiger partial charge < -0.3 is 4.90 Å². The van der Waals surface area contributed by atoms with Crippen LogP contribution in [0.5, 0.6) is 0 Å². The van der Waals surface area contributed by atoms with Crippen LogP contribution in [-0.2, 0) is 11.0 Å². The van der Waals surface area contributed by atoms with Crippen molar-refractivity contribution in [2.75, 3.05) is 30.3 Å². The van der Waals surface area contributed by atoms with Crippen LogP contribution in [0, 0.1) is 28.6 Å². The summed E-state index contributed by atoms with van der Waals surface area (Å²) in [6.45, 7) is 8.76. The summed E-state index contributed by atoms with van der Waals surface area (Å²) in [6.07, 6.45) is -0.603. The molecule has 0 bridgehead atoms. The van der Waals surface area contributed by atoms with Gasteiger partial charge in [0.25, 0.3) is 0 Å². The number of anilines is 1. The molecule has 2 unspecified atom stereocenters. The number of Topliss-reactive ketones (excluding diaryl/α,β-unsaturated/α-hetero) is 1. The summed E-state index contributed by atoms with van der Waals surface area (Å²) in [7, 11) is 0. The minimum absolute atomic E-state index is 0.0270. The lowest BCUT2D eigenvalue weighted by Crippen LogP contribution is -2.53. The number of nitrogens with zero attached hydrogens (tertiary/aromatic N) is 3. The Morgan fingerprint density at radius 2 is 2.06 bits per heavy atom. The van der Waals surface area contributed by atoms with E-state index in [0.29, 0.717) is 35.9 Å². The number of piperazine rings is 1.